The van der Waals surface area contributed by atoms with Crippen LogP contribution < -0.4 is 5.32 Å². The number of hydrogen-bond acceptors (Lipinski definition) is 4. The first-order chi connectivity index (χ1) is 8.46. The van der Waals surface area contributed by atoms with Crippen molar-refractivity contribution in [2.75, 3.05) is 13.2 Å². The average molecular weight is 268 g/mol. The van der Waals surface area contributed by atoms with Crippen LogP contribution in [0.25, 0.3) is 0 Å². The molecule has 4 heteroatoms. The molecule has 0 spiro atoms. The molecule has 1 N–H and O–H groups in total. The lowest BCUT2D eigenvalue weighted by Crippen LogP contribution is -2.41. The number of aryl methyl sites for hydroxylation is 1. The molecule has 1 aromatic heterocycles. The van der Waals surface area contributed by atoms with Crippen molar-refractivity contribution in [1.29, 1.82) is 0 Å². The van der Waals surface area contributed by atoms with E-state index in [1.165, 1.54) is 6.42 Å². The van der Waals surface area contributed by atoms with Crippen LogP contribution in [0.3, 0.4) is 0 Å². The predicted molar refractivity (Wildman–Crippen MR) is 76.0 cm³/mol. The second kappa shape index (κ2) is 5.68. The summed E-state index contributed by atoms with van der Waals surface area (Å²) in [5, 5.41) is 6.87. The fraction of sp³-hybridized carbons (Fsp3) is 0.786. The highest BCUT2D eigenvalue weighted by Crippen LogP contribution is 2.33. The van der Waals surface area contributed by atoms with Crippen LogP contribution >= 0.6 is 11.3 Å². The molecule has 0 radical (unpaired) electrons. The van der Waals surface area contributed by atoms with Crippen molar-refractivity contribution in [2.45, 2.75) is 52.2 Å². The SMILES string of the molecule is Cc1nc(C2OCCCC2CNC(C)(C)C)cs1. The van der Waals surface area contributed by atoms with Crippen LogP contribution in [0.2, 0.25) is 0 Å². The Hall–Kier alpha value is -0.450. The van der Waals surface area contributed by atoms with Gasteiger partial charge in [0.15, 0.2) is 0 Å². The summed E-state index contributed by atoms with van der Waals surface area (Å²) in [6.45, 7) is 10.5. The maximum atomic E-state index is 5.96. The third kappa shape index (κ3) is 3.77. The van der Waals surface area contributed by atoms with E-state index in [0.717, 1.165) is 30.3 Å². The van der Waals surface area contributed by atoms with Crippen LogP contribution in [0, 0.1) is 12.8 Å². The van der Waals surface area contributed by atoms with Gasteiger partial charge in [-0.15, -0.1) is 11.3 Å². The molecule has 1 aliphatic heterocycles. The minimum Gasteiger partial charge on any atom is -0.372 e. The van der Waals surface area contributed by atoms with Gasteiger partial charge in [-0.3, -0.25) is 0 Å². The summed E-state index contributed by atoms with van der Waals surface area (Å²) in [5.74, 6) is 0.541. The minimum atomic E-state index is 0.167. The molecule has 0 saturated carbocycles. The molecule has 0 bridgehead atoms. The molecule has 2 unspecified atom stereocenters. The number of nitrogens with zero attached hydrogens (tertiary/aromatic N) is 1. The second-order valence-electron chi connectivity index (χ2n) is 6.12. The highest BCUT2D eigenvalue weighted by atomic mass is 32.1. The van der Waals surface area contributed by atoms with Crippen LogP contribution in [0.15, 0.2) is 5.38 Å². The van der Waals surface area contributed by atoms with Crippen molar-refractivity contribution < 1.29 is 4.74 Å². The van der Waals surface area contributed by atoms with E-state index in [-0.39, 0.29) is 11.6 Å². The predicted octanol–water partition coefficient (Wildman–Crippen LogP) is 3.31. The average Bonchev–Trinajstić information content (AvgIpc) is 2.72. The fourth-order valence-electron chi connectivity index (χ4n) is 2.33. The van der Waals surface area contributed by atoms with Crippen molar-refractivity contribution >= 4 is 11.3 Å². The van der Waals surface area contributed by atoms with Gasteiger partial charge in [0.2, 0.25) is 0 Å². The quantitative estimate of drug-likeness (QED) is 0.913. The van der Waals surface area contributed by atoms with Crippen molar-refractivity contribution in [3.8, 4) is 0 Å². The number of rotatable bonds is 3. The Morgan fingerprint density at radius 1 is 1.50 bits per heavy atom. The Kier molecular flexibility index (Phi) is 4.41. The van der Waals surface area contributed by atoms with E-state index in [0.29, 0.717) is 5.92 Å². The third-order valence-corrected chi connectivity index (χ3v) is 4.06. The largest absolute Gasteiger partial charge is 0.372 e. The van der Waals surface area contributed by atoms with Gasteiger partial charge in [0.25, 0.3) is 0 Å². The lowest BCUT2D eigenvalue weighted by atomic mass is 9.91. The summed E-state index contributed by atoms with van der Waals surface area (Å²) < 4.78 is 5.96. The number of hydrogen-bond donors (Lipinski definition) is 1. The molecule has 1 aliphatic rings. The number of ether oxygens (including phenoxy) is 1. The Morgan fingerprint density at radius 2 is 2.28 bits per heavy atom. The summed E-state index contributed by atoms with van der Waals surface area (Å²) in [7, 11) is 0. The highest BCUT2D eigenvalue weighted by molar-refractivity contribution is 7.09. The maximum absolute atomic E-state index is 5.96. The van der Waals surface area contributed by atoms with E-state index < -0.39 is 0 Å². The molecule has 0 aromatic carbocycles. The minimum absolute atomic E-state index is 0.167. The zero-order chi connectivity index (χ0) is 13.2. The molecule has 1 saturated heterocycles. The zero-order valence-electron chi connectivity index (χ0n) is 11.8. The van der Waals surface area contributed by atoms with Gasteiger partial charge in [-0.1, -0.05) is 0 Å². The monoisotopic (exact) mass is 268 g/mol. The third-order valence-electron chi connectivity index (χ3n) is 3.27. The summed E-state index contributed by atoms with van der Waals surface area (Å²) in [6, 6.07) is 0. The van der Waals surface area contributed by atoms with E-state index >= 15 is 0 Å². The lowest BCUT2D eigenvalue weighted by molar-refractivity contribution is -0.0314. The molecule has 1 fully saturated rings. The number of thiazole rings is 1. The standard InChI is InChI=1S/C14H24N2OS/c1-10-16-12(9-18-10)13-11(6-5-7-17-13)8-15-14(2,3)4/h9,11,13,15H,5-8H2,1-4H3. The van der Waals surface area contributed by atoms with Crippen LogP contribution in [0.4, 0.5) is 0 Å². The van der Waals surface area contributed by atoms with Gasteiger partial charge >= 0.3 is 0 Å². The molecule has 18 heavy (non-hydrogen) atoms. The molecule has 0 amide bonds. The van der Waals surface area contributed by atoms with E-state index in [9.17, 15) is 0 Å². The van der Waals surface area contributed by atoms with Crippen LogP contribution in [-0.4, -0.2) is 23.7 Å². The van der Waals surface area contributed by atoms with E-state index in [2.05, 4.69) is 43.4 Å². The maximum Gasteiger partial charge on any atom is 0.104 e. The Labute approximate surface area is 114 Å². The molecule has 2 rings (SSSR count). The molecular weight excluding hydrogens is 244 g/mol. The van der Waals surface area contributed by atoms with Gasteiger partial charge in [0.05, 0.1) is 10.7 Å². The van der Waals surface area contributed by atoms with Crippen LogP contribution in [0.5, 0.6) is 0 Å². The van der Waals surface area contributed by atoms with Gasteiger partial charge in [-0.2, -0.15) is 0 Å². The second-order valence-corrected chi connectivity index (χ2v) is 7.18. The highest BCUT2D eigenvalue weighted by Gasteiger charge is 2.29. The normalized spacial score (nSPS) is 25.3. The van der Waals surface area contributed by atoms with Gasteiger partial charge in [0.1, 0.15) is 6.10 Å². The topological polar surface area (TPSA) is 34.1 Å². The number of nitrogens with one attached hydrogen (secondary N) is 1. The Bertz CT molecular complexity index is 383. The summed E-state index contributed by atoms with van der Waals surface area (Å²) in [6.07, 6.45) is 2.57. The summed E-state index contributed by atoms with van der Waals surface area (Å²) in [4.78, 5) is 4.59. The number of aromatic nitrogens is 1. The zero-order valence-corrected chi connectivity index (χ0v) is 12.6. The van der Waals surface area contributed by atoms with Crippen molar-refractivity contribution in [2.24, 2.45) is 5.92 Å². The smallest absolute Gasteiger partial charge is 0.104 e. The van der Waals surface area contributed by atoms with Gasteiger partial charge in [0, 0.05) is 30.0 Å². The molecule has 2 heterocycles. The Morgan fingerprint density at radius 3 is 2.89 bits per heavy atom. The van der Waals surface area contributed by atoms with Gasteiger partial charge in [-0.25, -0.2) is 4.98 Å². The van der Waals surface area contributed by atoms with E-state index in [4.69, 9.17) is 4.74 Å². The van der Waals surface area contributed by atoms with Crippen molar-refractivity contribution in [1.82, 2.24) is 10.3 Å². The van der Waals surface area contributed by atoms with E-state index in [1.807, 2.05) is 0 Å². The van der Waals surface area contributed by atoms with Crippen molar-refractivity contribution in [3.63, 3.8) is 0 Å². The molecule has 2 atom stereocenters. The summed E-state index contributed by atoms with van der Waals surface area (Å²) in [5.41, 5.74) is 1.29. The first-order valence-corrected chi connectivity index (χ1v) is 7.62. The lowest BCUT2D eigenvalue weighted by Gasteiger charge is -2.33. The van der Waals surface area contributed by atoms with Crippen molar-refractivity contribution in [3.05, 3.63) is 16.1 Å². The van der Waals surface area contributed by atoms with Crippen LogP contribution in [0.1, 0.15) is 50.4 Å². The molecular formula is C14H24N2OS. The van der Waals surface area contributed by atoms with E-state index in [1.54, 1.807) is 11.3 Å². The van der Waals surface area contributed by atoms with Crippen LogP contribution in [-0.2, 0) is 4.74 Å². The first kappa shape index (κ1) is 14.0. The fourth-order valence-corrected chi connectivity index (χ4v) is 2.96. The van der Waals surface area contributed by atoms with Gasteiger partial charge in [-0.05, 0) is 40.5 Å². The first-order valence-electron chi connectivity index (χ1n) is 6.74. The molecule has 1 aromatic rings. The molecule has 102 valence electrons. The van der Waals surface area contributed by atoms with Gasteiger partial charge < -0.3 is 10.1 Å². The summed E-state index contributed by atoms with van der Waals surface area (Å²) >= 11 is 1.71. The molecule has 0 aliphatic carbocycles. The molecule has 3 nitrogen and oxygen atoms in total. The Balaban J connectivity index is 2.02.